The Labute approximate surface area is 211 Å². The van der Waals surface area contributed by atoms with Crippen molar-refractivity contribution >= 4 is 33.2 Å². The zero-order valence-corrected chi connectivity index (χ0v) is 21.6. The summed E-state index contributed by atoms with van der Waals surface area (Å²) in [7, 11) is -2.56. The molecule has 1 N–H and O–H groups in total. The first-order chi connectivity index (χ1) is 16.7. The summed E-state index contributed by atoms with van der Waals surface area (Å²) in [6.07, 6.45) is 3.28. The molecule has 0 saturated carbocycles. The first kappa shape index (κ1) is 25.1. The quantitative estimate of drug-likeness (QED) is 0.449. The van der Waals surface area contributed by atoms with Gasteiger partial charge in [-0.25, -0.2) is 8.42 Å². The summed E-state index contributed by atoms with van der Waals surface area (Å²) in [6, 6.07) is 17.2. The largest absolute Gasteiger partial charge is 0.495 e. The highest BCUT2D eigenvalue weighted by atomic mass is 35.5. The maximum atomic E-state index is 13.6. The van der Waals surface area contributed by atoms with Gasteiger partial charge in [-0.15, -0.1) is 0 Å². The summed E-state index contributed by atoms with van der Waals surface area (Å²) in [6.45, 7) is 3.39. The minimum absolute atomic E-state index is 0.0921. The van der Waals surface area contributed by atoms with E-state index in [4.69, 9.17) is 16.3 Å². The fourth-order valence-electron chi connectivity index (χ4n) is 4.32. The third kappa shape index (κ3) is 5.46. The fraction of sp³-hybridized carbons (Fsp3) is 0.296. The molecule has 1 aliphatic rings. The standard InChI is InChI=1S/C27H29ClN2O4S/c1-18-7-12-24(13-8-18)35(32,33)30(23-11-14-26(34-3)25(28)16-23)17-27(31)29-19(2)21-10-9-20-5-4-6-22(20)15-21/h7-16,19H,4-6,17H2,1-3H3,(H,29,31). The highest BCUT2D eigenvalue weighted by molar-refractivity contribution is 7.92. The van der Waals surface area contributed by atoms with E-state index in [1.54, 1.807) is 24.3 Å². The van der Waals surface area contributed by atoms with Crippen molar-refractivity contribution in [3.63, 3.8) is 0 Å². The molecule has 1 unspecified atom stereocenters. The molecule has 6 nitrogen and oxygen atoms in total. The number of ether oxygens (including phenoxy) is 1. The Morgan fingerprint density at radius 2 is 1.77 bits per heavy atom. The molecule has 0 aromatic heterocycles. The number of nitrogens with one attached hydrogen (secondary N) is 1. The fourth-order valence-corrected chi connectivity index (χ4v) is 5.99. The van der Waals surface area contributed by atoms with Gasteiger partial charge < -0.3 is 10.1 Å². The predicted molar refractivity (Wildman–Crippen MR) is 139 cm³/mol. The number of carbonyl (C=O) groups excluding carboxylic acids is 1. The maximum Gasteiger partial charge on any atom is 0.264 e. The zero-order chi connectivity index (χ0) is 25.2. The molecule has 3 aromatic carbocycles. The van der Waals surface area contributed by atoms with Gasteiger partial charge in [0, 0.05) is 0 Å². The van der Waals surface area contributed by atoms with E-state index in [9.17, 15) is 13.2 Å². The Morgan fingerprint density at radius 3 is 2.46 bits per heavy atom. The highest BCUT2D eigenvalue weighted by Crippen LogP contribution is 2.32. The van der Waals surface area contributed by atoms with Crippen LogP contribution in [0.1, 0.15) is 41.6 Å². The number of sulfonamides is 1. The topological polar surface area (TPSA) is 75.7 Å². The highest BCUT2D eigenvalue weighted by Gasteiger charge is 2.28. The smallest absolute Gasteiger partial charge is 0.264 e. The van der Waals surface area contributed by atoms with Crippen molar-refractivity contribution in [1.82, 2.24) is 5.32 Å². The first-order valence-corrected chi connectivity index (χ1v) is 13.3. The van der Waals surface area contributed by atoms with Crippen LogP contribution in [0.2, 0.25) is 5.02 Å². The maximum absolute atomic E-state index is 13.6. The second-order valence-corrected chi connectivity index (χ2v) is 11.1. The molecule has 0 radical (unpaired) electrons. The number of nitrogens with zero attached hydrogens (tertiary/aromatic N) is 1. The number of carbonyl (C=O) groups is 1. The summed E-state index contributed by atoms with van der Waals surface area (Å²) < 4.78 is 33.5. The number of fused-ring (bicyclic) bond motifs is 1. The van der Waals surface area contributed by atoms with Gasteiger partial charge in [0.25, 0.3) is 10.0 Å². The summed E-state index contributed by atoms with van der Waals surface area (Å²) >= 11 is 6.29. The third-order valence-electron chi connectivity index (χ3n) is 6.32. The van der Waals surface area contributed by atoms with E-state index in [2.05, 4.69) is 17.4 Å². The number of hydrogen-bond acceptors (Lipinski definition) is 4. The molecular formula is C27H29ClN2O4S. The van der Waals surface area contributed by atoms with Gasteiger partial charge in [-0.1, -0.05) is 47.5 Å². The van der Waals surface area contributed by atoms with Crippen molar-refractivity contribution in [2.75, 3.05) is 18.0 Å². The first-order valence-electron chi connectivity index (χ1n) is 11.5. The van der Waals surface area contributed by atoms with E-state index < -0.39 is 22.5 Å². The van der Waals surface area contributed by atoms with E-state index in [0.717, 1.165) is 34.7 Å². The van der Waals surface area contributed by atoms with E-state index in [0.29, 0.717) is 5.75 Å². The molecular weight excluding hydrogens is 484 g/mol. The van der Waals surface area contributed by atoms with Gasteiger partial charge >= 0.3 is 0 Å². The van der Waals surface area contributed by atoms with Crippen LogP contribution in [0.4, 0.5) is 5.69 Å². The number of hydrogen-bond donors (Lipinski definition) is 1. The Morgan fingerprint density at radius 1 is 1.06 bits per heavy atom. The van der Waals surface area contributed by atoms with Crippen molar-refractivity contribution in [3.05, 3.63) is 87.9 Å². The van der Waals surface area contributed by atoms with E-state index in [1.807, 2.05) is 19.9 Å². The lowest BCUT2D eigenvalue weighted by Crippen LogP contribution is -2.41. The average molecular weight is 513 g/mol. The van der Waals surface area contributed by atoms with Crippen molar-refractivity contribution in [2.45, 2.75) is 44.0 Å². The van der Waals surface area contributed by atoms with Crippen LogP contribution >= 0.6 is 11.6 Å². The minimum atomic E-state index is -4.04. The number of rotatable bonds is 8. The van der Waals surface area contributed by atoms with Crippen LogP contribution < -0.4 is 14.4 Å². The second kappa shape index (κ2) is 10.3. The van der Waals surface area contributed by atoms with Crippen molar-refractivity contribution in [2.24, 2.45) is 0 Å². The van der Waals surface area contributed by atoms with E-state index in [-0.39, 0.29) is 21.6 Å². The number of aryl methyl sites for hydroxylation is 3. The number of halogens is 1. The van der Waals surface area contributed by atoms with Crippen LogP contribution in [0, 0.1) is 6.92 Å². The molecule has 184 valence electrons. The molecule has 1 aliphatic carbocycles. The number of benzene rings is 3. The Bertz CT molecular complexity index is 1340. The van der Waals surface area contributed by atoms with E-state index >= 15 is 0 Å². The summed E-state index contributed by atoms with van der Waals surface area (Å²) in [5.74, 6) is -0.00147. The van der Waals surface area contributed by atoms with Crippen LogP contribution in [0.25, 0.3) is 0 Å². The molecule has 35 heavy (non-hydrogen) atoms. The SMILES string of the molecule is COc1ccc(N(CC(=O)NC(C)c2ccc3c(c2)CCC3)S(=O)(=O)c2ccc(C)cc2)cc1Cl. The summed E-state index contributed by atoms with van der Waals surface area (Å²) in [5.41, 5.74) is 4.89. The third-order valence-corrected chi connectivity index (χ3v) is 8.40. The van der Waals surface area contributed by atoms with Gasteiger partial charge in [-0.3, -0.25) is 9.10 Å². The Hall–Kier alpha value is -3.03. The molecule has 0 saturated heterocycles. The van der Waals surface area contributed by atoms with Gasteiger partial charge in [0.15, 0.2) is 0 Å². The van der Waals surface area contributed by atoms with E-state index in [1.165, 1.54) is 36.4 Å². The summed E-state index contributed by atoms with van der Waals surface area (Å²) in [5, 5.41) is 3.21. The molecule has 0 aliphatic heterocycles. The average Bonchev–Trinajstić information content (AvgIpc) is 3.30. The lowest BCUT2D eigenvalue weighted by Gasteiger charge is -2.25. The lowest BCUT2D eigenvalue weighted by molar-refractivity contribution is -0.120. The van der Waals surface area contributed by atoms with Gasteiger partial charge in [0.05, 0.1) is 28.8 Å². The molecule has 8 heteroatoms. The Balaban J connectivity index is 1.61. The van der Waals surface area contributed by atoms with Crippen molar-refractivity contribution < 1.29 is 17.9 Å². The molecule has 4 rings (SSSR count). The van der Waals surface area contributed by atoms with Crippen LogP contribution in [-0.2, 0) is 27.7 Å². The number of anilines is 1. The summed E-state index contributed by atoms with van der Waals surface area (Å²) in [4.78, 5) is 13.2. The normalized spacial score (nSPS) is 13.7. The molecule has 0 heterocycles. The number of methoxy groups -OCH3 is 1. The minimum Gasteiger partial charge on any atom is -0.495 e. The van der Waals surface area contributed by atoms with Crippen LogP contribution in [-0.4, -0.2) is 28.0 Å². The second-order valence-electron chi connectivity index (χ2n) is 8.81. The van der Waals surface area contributed by atoms with Gasteiger partial charge in [-0.2, -0.15) is 0 Å². The molecule has 1 atom stereocenters. The monoisotopic (exact) mass is 512 g/mol. The molecule has 0 fully saturated rings. The number of amides is 1. The van der Waals surface area contributed by atoms with Gasteiger partial charge in [0.1, 0.15) is 12.3 Å². The lowest BCUT2D eigenvalue weighted by atomic mass is 10.0. The Kier molecular flexibility index (Phi) is 7.38. The molecule has 0 spiro atoms. The predicted octanol–water partition coefficient (Wildman–Crippen LogP) is 5.22. The van der Waals surface area contributed by atoms with Gasteiger partial charge in [0.2, 0.25) is 5.91 Å². The van der Waals surface area contributed by atoms with Crippen LogP contribution in [0.3, 0.4) is 0 Å². The zero-order valence-electron chi connectivity index (χ0n) is 20.0. The molecule has 0 bridgehead atoms. The molecule has 3 aromatic rings. The van der Waals surface area contributed by atoms with Crippen molar-refractivity contribution in [3.8, 4) is 5.75 Å². The van der Waals surface area contributed by atoms with Crippen LogP contribution in [0.5, 0.6) is 5.75 Å². The van der Waals surface area contributed by atoms with Crippen LogP contribution in [0.15, 0.2) is 65.6 Å². The van der Waals surface area contributed by atoms with Gasteiger partial charge in [-0.05, 0) is 80.1 Å². The molecule has 1 amide bonds. The van der Waals surface area contributed by atoms with Crippen molar-refractivity contribution in [1.29, 1.82) is 0 Å².